The number of aromatic amines is 1. The van der Waals surface area contributed by atoms with Crippen LogP contribution in [-0.4, -0.2) is 29.3 Å². The van der Waals surface area contributed by atoms with E-state index in [1.54, 1.807) is 6.20 Å². The molecule has 3 rings (SSSR count). The van der Waals surface area contributed by atoms with Crippen molar-refractivity contribution in [1.82, 2.24) is 20.8 Å². The summed E-state index contributed by atoms with van der Waals surface area (Å²) in [6.07, 6.45) is 4.18. The van der Waals surface area contributed by atoms with Crippen molar-refractivity contribution in [2.45, 2.75) is 32.4 Å². The van der Waals surface area contributed by atoms with Crippen LogP contribution in [0, 0.1) is 0 Å². The standard InChI is InChI=1S/C17H23N5O/c1-13(20-17(23)18-12-15-7-8-19-21-15)14-5-4-6-16(11-14)22-9-2-3-10-22/h4-8,11,13H,2-3,9-10,12H2,1H3,(H,19,21)(H2,18,20,23). The quantitative estimate of drug-likeness (QED) is 0.794. The Balaban J connectivity index is 1.55. The van der Waals surface area contributed by atoms with Crippen molar-refractivity contribution in [1.29, 1.82) is 0 Å². The fraction of sp³-hybridized carbons (Fsp3) is 0.412. The van der Waals surface area contributed by atoms with Crippen LogP contribution in [0.4, 0.5) is 10.5 Å². The van der Waals surface area contributed by atoms with Gasteiger partial charge in [-0.1, -0.05) is 12.1 Å². The highest BCUT2D eigenvalue weighted by Crippen LogP contribution is 2.23. The van der Waals surface area contributed by atoms with Crippen LogP contribution in [0.25, 0.3) is 0 Å². The van der Waals surface area contributed by atoms with Gasteiger partial charge in [0.05, 0.1) is 18.3 Å². The van der Waals surface area contributed by atoms with Crippen LogP contribution < -0.4 is 15.5 Å². The molecule has 0 spiro atoms. The molecule has 2 heterocycles. The summed E-state index contributed by atoms with van der Waals surface area (Å²) in [5, 5.41) is 12.5. The predicted molar refractivity (Wildman–Crippen MR) is 90.3 cm³/mol. The number of amides is 2. The first-order valence-corrected chi connectivity index (χ1v) is 8.10. The molecule has 1 aliphatic heterocycles. The summed E-state index contributed by atoms with van der Waals surface area (Å²) >= 11 is 0. The molecule has 122 valence electrons. The van der Waals surface area contributed by atoms with Crippen molar-refractivity contribution < 1.29 is 4.79 Å². The maximum absolute atomic E-state index is 12.0. The zero-order valence-corrected chi connectivity index (χ0v) is 13.4. The van der Waals surface area contributed by atoms with Gasteiger partial charge in [-0.2, -0.15) is 5.10 Å². The third kappa shape index (κ3) is 4.03. The smallest absolute Gasteiger partial charge is 0.315 e. The normalized spacial score (nSPS) is 15.4. The maximum Gasteiger partial charge on any atom is 0.315 e. The van der Waals surface area contributed by atoms with E-state index in [0.717, 1.165) is 24.3 Å². The van der Waals surface area contributed by atoms with Crippen molar-refractivity contribution in [3.63, 3.8) is 0 Å². The lowest BCUT2D eigenvalue weighted by atomic mass is 10.1. The van der Waals surface area contributed by atoms with E-state index in [2.05, 4.69) is 50.0 Å². The molecule has 1 aliphatic rings. The minimum atomic E-state index is -0.182. The number of benzene rings is 1. The van der Waals surface area contributed by atoms with Crippen molar-refractivity contribution in [2.24, 2.45) is 0 Å². The lowest BCUT2D eigenvalue weighted by molar-refractivity contribution is 0.237. The summed E-state index contributed by atoms with van der Waals surface area (Å²) in [5.74, 6) is 0. The fourth-order valence-corrected chi connectivity index (χ4v) is 2.86. The topological polar surface area (TPSA) is 73.0 Å². The molecule has 0 radical (unpaired) electrons. The molecule has 1 fully saturated rings. The zero-order chi connectivity index (χ0) is 16.1. The number of carbonyl (C=O) groups is 1. The van der Waals surface area contributed by atoms with Gasteiger partial charge in [0.2, 0.25) is 0 Å². The summed E-state index contributed by atoms with van der Waals surface area (Å²) in [6, 6.07) is 10.0. The van der Waals surface area contributed by atoms with Crippen LogP contribution in [-0.2, 0) is 6.54 Å². The highest BCUT2D eigenvalue weighted by molar-refractivity contribution is 5.74. The summed E-state index contributed by atoms with van der Waals surface area (Å²) in [7, 11) is 0. The first-order chi connectivity index (χ1) is 11.2. The summed E-state index contributed by atoms with van der Waals surface area (Å²) in [5.41, 5.74) is 3.24. The van der Waals surface area contributed by atoms with Crippen molar-refractivity contribution >= 4 is 11.7 Å². The van der Waals surface area contributed by atoms with Crippen LogP contribution in [0.2, 0.25) is 0 Å². The molecule has 0 bridgehead atoms. The van der Waals surface area contributed by atoms with Gasteiger partial charge in [-0.05, 0) is 43.5 Å². The number of carbonyl (C=O) groups excluding carboxylic acids is 1. The second-order valence-electron chi connectivity index (χ2n) is 5.92. The number of aromatic nitrogens is 2. The van der Waals surface area contributed by atoms with Gasteiger partial charge in [-0.3, -0.25) is 5.10 Å². The number of nitrogens with zero attached hydrogens (tertiary/aromatic N) is 2. The van der Waals surface area contributed by atoms with E-state index in [1.165, 1.54) is 18.5 Å². The third-order valence-electron chi connectivity index (χ3n) is 4.19. The Morgan fingerprint density at radius 1 is 1.35 bits per heavy atom. The molecule has 23 heavy (non-hydrogen) atoms. The molecule has 1 aromatic carbocycles. The molecule has 6 nitrogen and oxygen atoms in total. The second-order valence-corrected chi connectivity index (χ2v) is 5.92. The number of anilines is 1. The molecular formula is C17H23N5O. The average molecular weight is 313 g/mol. The Bertz CT molecular complexity index is 634. The van der Waals surface area contributed by atoms with E-state index in [9.17, 15) is 4.79 Å². The van der Waals surface area contributed by atoms with Crippen molar-refractivity contribution in [2.75, 3.05) is 18.0 Å². The maximum atomic E-state index is 12.0. The van der Waals surface area contributed by atoms with Gasteiger partial charge in [0.15, 0.2) is 0 Å². The molecule has 6 heteroatoms. The van der Waals surface area contributed by atoms with Crippen LogP contribution in [0.3, 0.4) is 0 Å². The minimum Gasteiger partial charge on any atom is -0.372 e. The number of urea groups is 1. The molecule has 1 unspecified atom stereocenters. The van der Waals surface area contributed by atoms with E-state index >= 15 is 0 Å². The molecule has 0 aliphatic carbocycles. The van der Waals surface area contributed by atoms with Gasteiger partial charge >= 0.3 is 6.03 Å². The van der Waals surface area contributed by atoms with E-state index in [4.69, 9.17) is 0 Å². The first kappa shape index (κ1) is 15.4. The molecule has 0 saturated carbocycles. The van der Waals surface area contributed by atoms with Gasteiger partial charge in [-0.15, -0.1) is 0 Å². The first-order valence-electron chi connectivity index (χ1n) is 8.10. The zero-order valence-electron chi connectivity index (χ0n) is 13.4. The number of rotatable bonds is 5. The molecule has 2 aromatic rings. The van der Waals surface area contributed by atoms with Gasteiger partial charge in [-0.25, -0.2) is 4.79 Å². The number of hydrogen-bond donors (Lipinski definition) is 3. The van der Waals surface area contributed by atoms with Crippen LogP contribution in [0.1, 0.15) is 37.1 Å². The lowest BCUT2D eigenvalue weighted by Gasteiger charge is -2.20. The van der Waals surface area contributed by atoms with Crippen LogP contribution in [0.15, 0.2) is 36.5 Å². The molecule has 1 saturated heterocycles. The largest absolute Gasteiger partial charge is 0.372 e. The van der Waals surface area contributed by atoms with Gasteiger partial charge in [0.1, 0.15) is 0 Å². The Morgan fingerprint density at radius 3 is 2.91 bits per heavy atom. The molecule has 2 amide bonds. The van der Waals surface area contributed by atoms with Crippen LogP contribution >= 0.6 is 0 Å². The summed E-state index contributed by atoms with van der Waals surface area (Å²) < 4.78 is 0. The van der Waals surface area contributed by atoms with Gasteiger partial charge in [0.25, 0.3) is 0 Å². The van der Waals surface area contributed by atoms with Crippen LogP contribution in [0.5, 0.6) is 0 Å². The van der Waals surface area contributed by atoms with Crippen molar-refractivity contribution in [3.8, 4) is 0 Å². The number of nitrogens with one attached hydrogen (secondary N) is 3. The molecule has 1 atom stereocenters. The van der Waals surface area contributed by atoms with E-state index in [0.29, 0.717) is 6.54 Å². The highest BCUT2D eigenvalue weighted by Gasteiger charge is 2.14. The molecule has 3 N–H and O–H groups in total. The lowest BCUT2D eigenvalue weighted by Crippen LogP contribution is -2.36. The third-order valence-corrected chi connectivity index (χ3v) is 4.19. The van der Waals surface area contributed by atoms with E-state index in [1.807, 2.05) is 13.0 Å². The average Bonchev–Trinajstić information content (AvgIpc) is 3.26. The Kier molecular flexibility index (Phi) is 4.80. The molecule has 1 aromatic heterocycles. The highest BCUT2D eigenvalue weighted by atomic mass is 16.2. The number of hydrogen-bond acceptors (Lipinski definition) is 3. The summed E-state index contributed by atoms with van der Waals surface area (Å²) in [4.78, 5) is 14.4. The summed E-state index contributed by atoms with van der Waals surface area (Å²) in [6.45, 7) is 4.68. The second kappa shape index (κ2) is 7.17. The SMILES string of the molecule is CC(NC(=O)NCc1ccn[nH]1)c1cccc(N2CCCC2)c1. The Hall–Kier alpha value is -2.50. The predicted octanol–water partition coefficient (Wildman–Crippen LogP) is 2.57. The Morgan fingerprint density at radius 2 is 2.17 bits per heavy atom. The monoisotopic (exact) mass is 313 g/mol. The number of H-pyrrole nitrogens is 1. The minimum absolute atomic E-state index is 0.0423. The van der Waals surface area contributed by atoms with E-state index in [-0.39, 0.29) is 12.1 Å². The molecular weight excluding hydrogens is 290 g/mol. The van der Waals surface area contributed by atoms with Gasteiger partial charge in [0, 0.05) is 25.0 Å². The van der Waals surface area contributed by atoms with Gasteiger partial charge < -0.3 is 15.5 Å². The van der Waals surface area contributed by atoms with Crippen molar-refractivity contribution in [3.05, 3.63) is 47.8 Å². The fourth-order valence-electron chi connectivity index (χ4n) is 2.86. The Labute approximate surface area is 136 Å². The van der Waals surface area contributed by atoms with E-state index < -0.39 is 0 Å².